The Morgan fingerprint density at radius 2 is 1.95 bits per heavy atom. The lowest BCUT2D eigenvalue weighted by Crippen LogP contribution is -2.31. The van der Waals surface area contributed by atoms with Crippen molar-refractivity contribution in [2.45, 2.75) is 32.7 Å². The average Bonchev–Trinajstić information content (AvgIpc) is 3.04. The molecule has 4 nitrogen and oxygen atoms in total. The SMILES string of the molecule is Cc1cc(C)cc(C(=O)N2CCCC2c2ccnn2C)c1. The van der Waals surface area contributed by atoms with E-state index in [1.54, 1.807) is 6.20 Å². The first-order valence-corrected chi connectivity index (χ1v) is 7.43. The third kappa shape index (κ3) is 2.58. The fourth-order valence-electron chi connectivity index (χ4n) is 3.29. The summed E-state index contributed by atoms with van der Waals surface area (Å²) in [7, 11) is 1.94. The zero-order valence-corrected chi connectivity index (χ0v) is 12.8. The average molecular weight is 283 g/mol. The zero-order chi connectivity index (χ0) is 15.0. The molecule has 1 aromatic carbocycles. The normalized spacial score (nSPS) is 18.2. The van der Waals surface area contributed by atoms with E-state index in [-0.39, 0.29) is 11.9 Å². The molecule has 1 amide bonds. The standard InChI is InChI=1S/C17H21N3O/c1-12-9-13(2)11-14(10-12)17(21)20-8-4-5-16(20)15-6-7-18-19(15)3/h6-7,9-11,16H,4-5,8H2,1-3H3. The fraction of sp³-hybridized carbons (Fsp3) is 0.412. The van der Waals surface area contributed by atoms with E-state index in [0.717, 1.165) is 41.8 Å². The summed E-state index contributed by atoms with van der Waals surface area (Å²) in [6.45, 7) is 4.89. The zero-order valence-electron chi connectivity index (χ0n) is 12.8. The predicted octanol–water partition coefficient (Wildman–Crippen LogP) is 3.01. The molecule has 1 aliphatic rings. The third-order valence-electron chi connectivity index (χ3n) is 4.18. The summed E-state index contributed by atoms with van der Waals surface area (Å²) in [5.74, 6) is 0.130. The van der Waals surface area contributed by atoms with Crippen LogP contribution in [0.3, 0.4) is 0 Å². The minimum absolute atomic E-state index is 0.130. The van der Waals surface area contributed by atoms with Gasteiger partial charge in [-0.05, 0) is 44.9 Å². The first-order valence-electron chi connectivity index (χ1n) is 7.43. The number of hydrogen-bond donors (Lipinski definition) is 0. The van der Waals surface area contributed by atoms with Gasteiger partial charge in [0.05, 0.1) is 11.7 Å². The molecule has 0 bridgehead atoms. The van der Waals surface area contributed by atoms with E-state index in [9.17, 15) is 4.79 Å². The molecule has 0 saturated carbocycles. The van der Waals surface area contributed by atoms with Gasteiger partial charge in [0.2, 0.25) is 0 Å². The smallest absolute Gasteiger partial charge is 0.254 e. The first kappa shape index (κ1) is 13.9. The molecule has 0 radical (unpaired) electrons. The van der Waals surface area contributed by atoms with Gasteiger partial charge in [-0.2, -0.15) is 5.10 Å². The van der Waals surface area contributed by atoms with Gasteiger partial charge in [0.15, 0.2) is 0 Å². The van der Waals surface area contributed by atoms with Crippen LogP contribution in [0.4, 0.5) is 0 Å². The van der Waals surface area contributed by atoms with Gasteiger partial charge in [-0.25, -0.2) is 0 Å². The van der Waals surface area contributed by atoms with Crippen molar-refractivity contribution in [1.29, 1.82) is 0 Å². The third-order valence-corrected chi connectivity index (χ3v) is 4.18. The Morgan fingerprint density at radius 1 is 1.24 bits per heavy atom. The van der Waals surface area contributed by atoms with Crippen molar-refractivity contribution in [3.63, 3.8) is 0 Å². The molecule has 1 unspecified atom stereocenters. The number of amides is 1. The second-order valence-electron chi connectivity index (χ2n) is 5.91. The van der Waals surface area contributed by atoms with Crippen LogP contribution in [0.25, 0.3) is 0 Å². The minimum atomic E-state index is 0.130. The Balaban J connectivity index is 1.91. The van der Waals surface area contributed by atoms with Crippen LogP contribution in [0.5, 0.6) is 0 Å². The molecule has 2 heterocycles. The Bertz CT molecular complexity index is 654. The van der Waals surface area contributed by atoms with Gasteiger partial charge in [0.1, 0.15) is 0 Å². The number of carbonyl (C=O) groups excluding carboxylic acids is 1. The van der Waals surface area contributed by atoms with E-state index >= 15 is 0 Å². The van der Waals surface area contributed by atoms with Crippen LogP contribution in [-0.2, 0) is 7.05 Å². The van der Waals surface area contributed by atoms with Gasteiger partial charge in [-0.1, -0.05) is 17.2 Å². The lowest BCUT2D eigenvalue weighted by atomic mass is 10.1. The Kier molecular flexibility index (Phi) is 3.53. The summed E-state index contributed by atoms with van der Waals surface area (Å²) in [6, 6.07) is 8.21. The molecule has 3 rings (SSSR count). The maximum Gasteiger partial charge on any atom is 0.254 e. The maximum absolute atomic E-state index is 12.9. The number of likely N-dealkylation sites (tertiary alicyclic amines) is 1. The van der Waals surface area contributed by atoms with E-state index in [0.29, 0.717) is 0 Å². The number of carbonyl (C=O) groups is 1. The molecule has 1 aliphatic heterocycles. The maximum atomic E-state index is 12.9. The summed E-state index contributed by atoms with van der Waals surface area (Å²) in [4.78, 5) is 14.9. The number of hydrogen-bond acceptors (Lipinski definition) is 2. The van der Waals surface area contributed by atoms with Gasteiger partial charge in [0.25, 0.3) is 5.91 Å². The van der Waals surface area contributed by atoms with E-state index in [1.807, 2.05) is 48.7 Å². The van der Waals surface area contributed by atoms with Gasteiger partial charge in [-0.3, -0.25) is 9.48 Å². The van der Waals surface area contributed by atoms with Crippen LogP contribution in [0, 0.1) is 13.8 Å². The summed E-state index contributed by atoms with van der Waals surface area (Å²) < 4.78 is 1.87. The molecule has 1 fully saturated rings. The van der Waals surface area contributed by atoms with Crippen LogP contribution in [0.15, 0.2) is 30.5 Å². The van der Waals surface area contributed by atoms with Gasteiger partial charge < -0.3 is 4.90 Å². The van der Waals surface area contributed by atoms with Crippen molar-refractivity contribution >= 4 is 5.91 Å². The first-order chi connectivity index (χ1) is 10.1. The molecule has 4 heteroatoms. The fourth-order valence-corrected chi connectivity index (χ4v) is 3.29. The van der Waals surface area contributed by atoms with E-state index in [4.69, 9.17) is 0 Å². The van der Waals surface area contributed by atoms with Crippen molar-refractivity contribution in [2.75, 3.05) is 6.54 Å². The van der Waals surface area contributed by atoms with E-state index in [1.165, 1.54) is 0 Å². The number of aromatic nitrogens is 2. The highest BCUT2D eigenvalue weighted by Crippen LogP contribution is 2.32. The topological polar surface area (TPSA) is 38.1 Å². The van der Waals surface area contributed by atoms with E-state index in [2.05, 4.69) is 11.2 Å². The van der Waals surface area contributed by atoms with Crippen molar-refractivity contribution in [2.24, 2.45) is 7.05 Å². The molecule has 110 valence electrons. The lowest BCUT2D eigenvalue weighted by molar-refractivity contribution is 0.0730. The van der Waals surface area contributed by atoms with Crippen molar-refractivity contribution < 1.29 is 4.79 Å². The molecular weight excluding hydrogens is 262 g/mol. The van der Waals surface area contributed by atoms with Crippen molar-refractivity contribution in [3.05, 3.63) is 52.8 Å². The van der Waals surface area contributed by atoms with Crippen LogP contribution >= 0.6 is 0 Å². The Labute approximate surface area is 125 Å². The van der Waals surface area contributed by atoms with Gasteiger partial charge in [-0.15, -0.1) is 0 Å². The quantitative estimate of drug-likeness (QED) is 0.849. The van der Waals surface area contributed by atoms with Crippen LogP contribution in [-0.4, -0.2) is 27.1 Å². The predicted molar refractivity (Wildman–Crippen MR) is 82.1 cm³/mol. The molecule has 0 N–H and O–H groups in total. The molecule has 0 spiro atoms. The molecule has 1 atom stereocenters. The highest BCUT2D eigenvalue weighted by atomic mass is 16.2. The van der Waals surface area contributed by atoms with E-state index < -0.39 is 0 Å². The second kappa shape index (κ2) is 5.35. The number of rotatable bonds is 2. The summed E-state index contributed by atoms with van der Waals surface area (Å²) in [6.07, 6.45) is 3.86. The Hall–Kier alpha value is -2.10. The highest BCUT2D eigenvalue weighted by molar-refractivity contribution is 5.95. The molecule has 1 saturated heterocycles. The van der Waals surface area contributed by atoms with Crippen LogP contribution in [0.2, 0.25) is 0 Å². The number of nitrogens with zero attached hydrogens (tertiary/aromatic N) is 3. The molecule has 2 aromatic rings. The minimum Gasteiger partial charge on any atom is -0.330 e. The van der Waals surface area contributed by atoms with Crippen molar-refractivity contribution in [3.8, 4) is 0 Å². The summed E-state index contributed by atoms with van der Waals surface area (Å²) >= 11 is 0. The molecule has 21 heavy (non-hydrogen) atoms. The summed E-state index contributed by atoms with van der Waals surface area (Å²) in [5, 5.41) is 4.23. The summed E-state index contributed by atoms with van der Waals surface area (Å²) in [5.41, 5.74) is 4.18. The molecule has 1 aromatic heterocycles. The number of aryl methyl sites for hydroxylation is 3. The monoisotopic (exact) mass is 283 g/mol. The lowest BCUT2D eigenvalue weighted by Gasteiger charge is -2.25. The van der Waals surface area contributed by atoms with Gasteiger partial charge in [0, 0.05) is 25.4 Å². The highest BCUT2D eigenvalue weighted by Gasteiger charge is 2.32. The second-order valence-corrected chi connectivity index (χ2v) is 5.91. The van der Waals surface area contributed by atoms with Crippen LogP contribution < -0.4 is 0 Å². The molecular formula is C17H21N3O. The largest absolute Gasteiger partial charge is 0.330 e. The van der Waals surface area contributed by atoms with Crippen LogP contribution in [0.1, 0.15) is 46.1 Å². The van der Waals surface area contributed by atoms with Crippen molar-refractivity contribution in [1.82, 2.24) is 14.7 Å². The Morgan fingerprint density at radius 3 is 2.57 bits per heavy atom. The van der Waals surface area contributed by atoms with Gasteiger partial charge >= 0.3 is 0 Å². The number of benzene rings is 1. The molecule has 0 aliphatic carbocycles.